The highest BCUT2D eigenvalue weighted by Gasteiger charge is 2.12. The summed E-state index contributed by atoms with van der Waals surface area (Å²) < 4.78 is 5.91. The van der Waals surface area contributed by atoms with Crippen molar-refractivity contribution in [3.63, 3.8) is 0 Å². The van der Waals surface area contributed by atoms with Crippen LogP contribution in [0.4, 0.5) is 0 Å². The lowest BCUT2D eigenvalue weighted by atomic mass is 10.1. The molecule has 0 aliphatic heterocycles. The van der Waals surface area contributed by atoms with Gasteiger partial charge in [-0.1, -0.05) is 6.07 Å². The van der Waals surface area contributed by atoms with Crippen molar-refractivity contribution in [1.82, 2.24) is 10.3 Å². The van der Waals surface area contributed by atoms with Gasteiger partial charge in [0.05, 0.1) is 5.69 Å². The van der Waals surface area contributed by atoms with Crippen LogP contribution < -0.4 is 10.1 Å². The molecule has 0 aliphatic rings. The van der Waals surface area contributed by atoms with E-state index in [9.17, 15) is 0 Å². The minimum atomic E-state index is 0.0659. The number of ether oxygens (including phenoxy) is 1. The van der Waals surface area contributed by atoms with Gasteiger partial charge < -0.3 is 10.1 Å². The molecule has 2 aromatic heterocycles. The normalized spacial score (nSPS) is 11.6. The van der Waals surface area contributed by atoms with E-state index in [1.54, 1.807) is 11.3 Å². The molecule has 0 saturated carbocycles. The van der Waals surface area contributed by atoms with E-state index in [0.717, 1.165) is 17.1 Å². The van der Waals surface area contributed by atoms with E-state index in [0.29, 0.717) is 13.2 Å². The Hall–Kier alpha value is -1.39. The summed E-state index contributed by atoms with van der Waals surface area (Å²) in [7, 11) is 0. The number of nitrogens with one attached hydrogen (secondary N) is 1. The van der Waals surface area contributed by atoms with Crippen LogP contribution in [0.3, 0.4) is 0 Å². The molecule has 0 bridgehead atoms. The average Bonchev–Trinajstić information content (AvgIpc) is 2.87. The van der Waals surface area contributed by atoms with E-state index < -0.39 is 0 Å². The number of hydrogen-bond donors (Lipinski definition) is 1. The molecule has 0 aromatic carbocycles. The fourth-order valence-corrected chi connectivity index (χ4v) is 2.36. The van der Waals surface area contributed by atoms with Crippen LogP contribution >= 0.6 is 11.3 Å². The first-order chi connectivity index (χ1) is 9.44. The van der Waals surface area contributed by atoms with Crippen molar-refractivity contribution >= 4 is 11.3 Å². The summed E-state index contributed by atoms with van der Waals surface area (Å²) >= 11 is 1.71. The number of aryl methyl sites for hydroxylation is 1. The van der Waals surface area contributed by atoms with E-state index in [1.807, 2.05) is 25.1 Å². The molecule has 20 heavy (non-hydrogen) atoms. The topological polar surface area (TPSA) is 34.1 Å². The summed E-state index contributed by atoms with van der Waals surface area (Å²) in [5.41, 5.74) is 2.05. The Kier molecular flexibility index (Phi) is 4.78. The predicted molar refractivity (Wildman–Crippen MR) is 84.2 cm³/mol. The van der Waals surface area contributed by atoms with Gasteiger partial charge in [-0.3, -0.25) is 4.98 Å². The maximum absolute atomic E-state index is 5.91. The van der Waals surface area contributed by atoms with Crippen LogP contribution in [0, 0.1) is 6.92 Å². The third-order valence-corrected chi connectivity index (χ3v) is 3.66. The monoisotopic (exact) mass is 290 g/mol. The Morgan fingerprint density at radius 3 is 2.70 bits per heavy atom. The van der Waals surface area contributed by atoms with Crippen LogP contribution in [-0.2, 0) is 13.2 Å². The van der Waals surface area contributed by atoms with E-state index in [1.165, 1.54) is 4.88 Å². The summed E-state index contributed by atoms with van der Waals surface area (Å²) in [6, 6.07) is 8.12. The van der Waals surface area contributed by atoms with Gasteiger partial charge in [0.15, 0.2) is 0 Å². The quantitative estimate of drug-likeness (QED) is 0.906. The molecule has 0 unspecified atom stereocenters. The van der Waals surface area contributed by atoms with E-state index in [-0.39, 0.29) is 5.54 Å². The zero-order valence-corrected chi connectivity index (χ0v) is 13.4. The third kappa shape index (κ3) is 4.62. The van der Waals surface area contributed by atoms with Gasteiger partial charge in [-0.25, -0.2) is 0 Å². The van der Waals surface area contributed by atoms with E-state index >= 15 is 0 Å². The first kappa shape index (κ1) is 15.0. The van der Waals surface area contributed by atoms with Gasteiger partial charge >= 0.3 is 0 Å². The molecule has 0 aliphatic carbocycles. The van der Waals surface area contributed by atoms with Crippen molar-refractivity contribution in [2.24, 2.45) is 0 Å². The molecule has 0 radical (unpaired) electrons. The second kappa shape index (κ2) is 6.37. The smallest absolute Gasteiger partial charge is 0.142 e. The summed E-state index contributed by atoms with van der Waals surface area (Å²) in [6.07, 6.45) is 0. The minimum absolute atomic E-state index is 0.0659. The van der Waals surface area contributed by atoms with Crippen molar-refractivity contribution in [2.45, 2.75) is 46.4 Å². The Morgan fingerprint density at radius 2 is 2.05 bits per heavy atom. The van der Waals surface area contributed by atoms with Gasteiger partial charge in [0, 0.05) is 22.7 Å². The SMILES string of the molecule is Cc1ccc(OCc2cccs2)c(CNC(C)(C)C)n1. The number of nitrogens with zero attached hydrogens (tertiary/aromatic N) is 1. The Bertz CT molecular complexity index is 544. The van der Waals surface area contributed by atoms with Gasteiger partial charge in [0.1, 0.15) is 12.4 Å². The average molecular weight is 290 g/mol. The molecular weight excluding hydrogens is 268 g/mol. The minimum Gasteiger partial charge on any atom is -0.486 e. The van der Waals surface area contributed by atoms with Crippen molar-refractivity contribution in [3.8, 4) is 5.75 Å². The van der Waals surface area contributed by atoms with E-state index in [2.05, 4.69) is 42.5 Å². The summed E-state index contributed by atoms with van der Waals surface area (Å²) in [5, 5.41) is 5.52. The van der Waals surface area contributed by atoms with Crippen LogP contribution in [-0.4, -0.2) is 10.5 Å². The molecule has 4 heteroatoms. The summed E-state index contributed by atoms with van der Waals surface area (Å²) in [4.78, 5) is 5.81. The molecule has 3 nitrogen and oxygen atoms in total. The second-order valence-electron chi connectivity index (χ2n) is 5.87. The Labute approximate surface area is 125 Å². The molecule has 2 rings (SSSR count). The molecule has 2 aromatic rings. The predicted octanol–water partition coefficient (Wildman–Crippen LogP) is 3.92. The van der Waals surface area contributed by atoms with Crippen molar-refractivity contribution in [2.75, 3.05) is 0 Å². The van der Waals surface area contributed by atoms with Crippen molar-refractivity contribution in [3.05, 3.63) is 45.9 Å². The highest BCUT2D eigenvalue weighted by atomic mass is 32.1. The zero-order chi connectivity index (χ0) is 14.6. The van der Waals surface area contributed by atoms with Crippen molar-refractivity contribution in [1.29, 1.82) is 0 Å². The highest BCUT2D eigenvalue weighted by Crippen LogP contribution is 2.20. The molecule has 0 spiro atoms. The maximum atomic E-state index is 5.91. The number of aromatic nitrogens is 1. The van der Waals surface area contributed by atoms with Crippen LogP contribution in [0.15, 0.2) is 29.6 Å². The first-order valence-corrected chi connectivity index (χ1v) is 7.69. The molecule has 0 amide bonds. The van der Waals surface area contributed by atoms with Gasteiger partial charge in [0.2, 0.25) is 0 Å². The van der Waals surface area contributed by atoms with E-state index in [4.69, 9.17) is 4.74 Å². The summed E-state index contributed by atoms with van der Waals surface area (Å²) in [5.74, 6) is 0.862. The standard InChI is InChI=1S/C16H22N2OS/c1-12-7-8-15(19-11-13-6-5-9-20-13)14(18-12)10-17-16(2,3)4/h5-9,17H,10-11H2,1-4H3. The molecular formula is C16H22N2OS. The summed E-state index contributed by atoms with van der Waals surface area (Å²) in [6.45, 7) is 9.76. The zero-order valence-electron chi connectivity index (χ0n) is 12.6. The maximum Gasteiger partial charge on any atom is 0.142 e. The number of rotatable bonds is 5. The van der Waals surface area contributed by atoms with Crippen LogP contribution in [0.5, 0.6) is 5.75 Å². The molecule has 0 saturated heterocycles. The molecule has 0 atom stereocenters. The third-order valence-electron chi connectivity index (χ3n) is 2.81. The van der Waals surface area contributed by atoms with Crippen LogP contribution in [0.2, 0.25) is 0 Å². The Morgan fingerprint density at radius 1 is 1.25 bits per heavy atom. The van der Waals surface area contributed by atoms with Crippen LogP contribution in [0.1, 0.15) is 37.0 Å². The molecule has 108 valence electrons. The number of hydrogen-bond acceptors (Lipinski definition) is 4. The van der Waals surface area contributed by atoms with Gasteiger partial charge in [-0.2, -0.15) is 0 Å². The lowest BCUT2D eigenvalue weighted by Crippen LogP contribution is -2.35. The second-order valence-corrected chi connectivity index (χ2v) is 6.90. The van der Waals surface area contributed by atoms with Crippen molar-refractivity contribution < 1.29 is 4.74 Å². The lowest BCUT2D eigenvalue weighted by Gasteiger charge is -2.21. The number of pyridine rings is 1. The van der Waals surface area contributed by atoms with Crippen LogP contribution in [0.25, 0.3) is 0 Å². The van der Waals surface area contributed by atoms with Gasteiger partial charge in [0.25, 0.3) is 0 Å². The fraction of sp³-hybridized carbons (Fsp3) is 0.438. The van der Waals surface area contributed by atoms with Gasteiger partial charge in [-0.05, 0) is 51.3 Å². The first-order valence-electron chi connectivity index (χ1n) is 6.81. The number of thiophene rings is 1. The molecule has 1 N–H and O–H groups in total. The fourth-order valence-electron chi connectivity index (χ4n) is 1.75. The lowest BCUT2D eigenvalue weighted by molar-refractivity contribution is 0.301. The molecule has 2 heterocycles. The van der Waals surface area contributed by atoms with Gasteiger partial charge in [-0.15, -0.1) is 11.3 Å². The molecule has 0 fully saturated rings. The highest BCUT2D eigenvalue weighted by molar-refractivity contribution is 7.09. The largest absolute Gasteiger partial charge is 0.486 e. The Balaban J connectivity index is 2.07.